The number of hydrogen-bond donors (Lipinski definition) is 2. The number of aliphatic hydroxyl groups excluding tert-OH is 1. The SMILES string of the molecule is OC1CCCCC1Nc1nc2ccc(Cn3cnc4cc(Br)cnc43)cc2s1. The number of imidazole rings is 1. The number of pyridine rings is 1. The van der Waals surface area contributed by atoms with Crippen LogP contribution in [0.2, 0.25) is 0 Å². The fraction of sp³-hybridized carbons (Fsp3) is 0.350. The number of nitrogens with zero attached hydrogens (tertiary/aromatic N) is 4. The molecular formula is C20H20BrN5OS. The van der Waals surface area contributed by atoms with Crippen LogP contribution in [-0.2, 0) is 6.54 Å². The van der Waals surface area contributed by atoms with E-state index in [9.17, 15) is 5.11 Å². The summed E-state index contributed by atoms with van der Waals surface area (Å²) in [7, 11) is 0. The van der Waals surface area contributed by atoms with Gasteiger partial charge in [-0.2, -0.15) is 0 Å². The van der Waals surface area contributed by atoms with Gasteiger partial charge in [0.1, 0.15) is 5.52 Å². The highest BCUT2D eigenvalue weighted by atomic mass is 79.9. The van der Waals surface area contributed by atoms with Crippen molar-refractivity contribution in [3.8, 4) is 0 Å². The summed E-state index contributed by atoms with van der Waals surface area (Å²) in [6, 6.07) is 8.43. The molecule has 6 nitrogen and oxygen atoms in total. The summed E-state index contributed by atoms with van der Waals surface area (Å²) in [6.45, 7) is 0.711. The lowest BCUT2D eigenvalue weighted by Gasteiger charge is -2.27. The fourth-order valence-electron chi connectivity index (χ4n) is 3.80. The van der Waals surface area contributed by atoms with E-state index in [0.717, 1.165) is 56.7 Å². The Hall–Kier alpha value is -2.03. The average Bonchev–Trinajstić information content (AvgIpc) is 3.26. The third-order valence-electron chi connectivity index (χ3n) is 5.27. The highest BCUT2D eigenvalue weighted by Gasteiger charge is 2.23. The molecule has 0 spiro atoms. The van der Waals surface area contributed by atoms with Gasteiger partial charge in [0.05, 0.1) is 35.2 Å². The Labute approximate surface area is 174 Å². The van der Waals surface area contributed by atoms with Crippen molar-refractivity contribution in [1.29, 1.82) is 0 Å². The number of nitrogens with one attached hydrogen (secondary N) is 1. The van der Waals surface area contributed by atoms with Crippen LogP contribution in [-0.4, -0.2) is 36.8 Å². The van der Waals surface area contributed by atoms with Gasteiger partial charge in [-0.3, -0.25) is 0 Å². The van der Waals surface area contributed by atoms with E-state index in [4.69, 9.17) is 4.98 Å². The van der Waals surface area contributed by atoms with Gasteiger partial charge in [0.15, 0.2) is 10.8 Å². The second kappa shape index (κ2) is 7.42. The molecule has 2 unspecified atom stereocenters. The number of benzene rings is 1. The normalized spacial score (nSPS) is 20.1. The minimum Gasteiger partial charge on any atom is -0.391 e. The van der Waals surface area contributed by atoms with Crippen LogP contribution in [0.25, 0.3) is 21.4 Å². The minimum atomic E-state index is -0.279. The van der Waals surface area contributed by atoms with Gasteiger partial charge in [0.25, 0.3) is 0 Å². The van der Waals surface area contributed by atoms with E-state index in [-0.39, 0.29) is 12.1 Å². The zero-order valence-electron chi connectivity index (χ0n) is 15.2. The highest BCUT2D eigenvalue weighted by molar-refractivity contribution is 9.10. The Morgan fingerprint density at radius 1 is 1.18 bits per heavy atom. The lowest BCUT2D eigenvalue weighted by Crippen LogP contribution is -2.36. The van der Waals surface area contributed by atoms with Gasteiger partial charge in [-0.1, -0.05) is 30.2 Å². The second-order valence-corrected chi connectivity index (χ2v) is 9.24. The van der Waals surface area contributed by atoms with Crippen molar-refractivity contribution in [3.63, 3.8) is 0 Å². The first-order valence-electron chi connectivity index (χ1n) is 9.46. The van der Waals surface area contributed by atoms with Crippen molar-refractivity contribution in [1.82, 2.24) is 19.5 Å². The van der Waals surface area contributed by atoms with E-state index >= 15 is 0 Å². The van der Waals surface area contributed by atoms with Crippen LogP contribution in [0.4, 0.5) is 5.13 Å². The molecule has 0 amide bonds. The molecular weight excluding hydrogens is 438 g/mol. The largest absolute Gasteiger partial charge is 0.391 e. The summed E-state index contributed by atoms with van der Waals surface area (Å²) in [4.78, 5) is 13.6. The molecule has 1 aliphatic rings. The topological polar surface area (TPSA) is 75.9 Å². The van der Waals surface area contributed by atoms with Gasteiger partial charge in [-0.05, 0) is 52.5 Å². The van der Waals surface area contributed by atoms with Crippen LogP contribution in [0.1, 0.15) is 31.2 Å². The van der Waals surface area contributed by atoms with Crippen LogP contribution in [0.3, 0.4) is 0 Å². The zero-order valence-corrected chi connectivity index (χ0v) is 17.6. The molecule has 4 aromatic rings. The van der Waals surface area contributed by atoms with Crippen molar-refractivity contribution in [3.05, 3.63) is 46.8 Å². The van der Waals surface area contributed by atoms with Crippen molar-refractivity contribution >= 4 is 53.8 Å². The number of fused-ring (bicyclic) bond motifs is 2. The Kier molecular flexibility index (Phi) is 4.78. The number of anilines is 1. The number of rotatable bonds is 4. The minimum absolute atomic E-state index is 0.108. The van der Waals surface area contributed by atoms with Crippen LogP contribution < -0.4 is 5.32 Å². The van der Waals surface area contributed by atoms with E-state index in [2.05, 4.69) is 54.0 Å². The molecule has 0 radical (unpaired) electrons. The van der Waals surface area contributed by atoms with Gasteiger partial charge in [-0.15, -0.1) is 0 Å². The first kappa shape index (κ1) is 18.0. The molecule has 28 heavy (non-hydrogen) atoms. The molecule has 3 aromatic heterocycles. The van der Waals surface area contributed by atoms with Gasteiger partial charge < -0.3 is 15.0 Å². The Bertz CT molecular complexity index is 1140. The quantitative estimate of drug-likeness (QED) is 0.469. The van der Waals surface area contributed by atoms with Crippen molar-refractivity contribution in [2.24, 2.45) is 0 Å². The van der Waals surface area contributed by atoms with Crippen molar-refractivity contribution in [2.75, 3.05) is 5.32 Å². The molecule has 5 rings (SSSR count). The van der Waals surface area contributed by atoms with E-state index < -0.39 is 0 Å². The third kappa shape index (κ3) is 3.52. The molecule has 0 saturated heterocycles. The summed E-state index contributed by atoms with van der Waals surface area (Å²) in [5, 5.41) is 14.5. The van der Waals surface area contributed by atoms with E-state index in [1.807, 2.05) is 12.4 Å². The van der Waals surface area contributed by atoms with Gasteiger partial charge in [0, 0.05) is 10.7 Å². The number of thiazole rings is 1. The molecule has 1 fully saturated rings. The number of hydrogen-bond acceptors (Lipinski definition) is 6. The standard InChI is InChI=1S/C20H20BrN5OS/c21-13-8-16-19(22-9-13)26(11-23-16)10-12-5-6-15-18(7-12)28-20(25-15)24-14-3-1-2-4-17(14)27/h5-9,11,14,17,27H,1-4,10H2,(H,24,25). The van der Waals surface area contributed by atoms with E-state index in [1.165, 1.54) is 5.56 Å². The molecule has 8 heteroatoms. The van der Waals surface area contributed by atoms with Crippen LogP contribution in [0.15, 0.2) is 41.3 Å². The van der Waals surface area contributed by atoms with Gasteiger partial charge in [-0.25, -0.2) is 15.0 Å². The van der Waals surface area contributed by atoms with Crippen LogP contribution in [0, 0.1) is 0 Å². The number of halogens is 1. The lowest BCUT2D eigenvalue weighted by atomic mass is 9.93. The molecule has 2 N–H and O–H groups in total. The molecule has 2 atom stereocenters. The zero-order chi connectivity index (χ0) is 19.1. The first-order chi connectivity index (χ1) is 13.7. The maximum Gasteiger partial charge on any atom is 0.184 e. The molecule has 3 heterocycles. The molecule has 1 saturated carbocycles. The summed E-state index contributed by atoms with van der Waals surface area (Å²) in [6.07, 6.45) is 7.49. The smallest absolute Gasteiger partial charge is 0.184 e. The first-order valence-corrected chi connectivity index (χ1v) is 11.1. The summed E-state index contributed by atoms with van der Waals surface area (Å²) in [5.74, 6) is 0. The van der Waals surface area contributed by atoms with E-state index in [1.54, 1.807) is 17.5 Å². The molecule has 0 aliphatic heterocycles. The lowest BCUT2D eigenvalue weighted by molar-refractivity contribution is 0.116. The highest BCUT2D eigenvalue weighted by Crippen LogP contribution is 2.30. The maximum absolute atomic E-state index is 10.2. The molecule has 1 aliphatic carbocycles. The predicted octanol–water partition coefficient (Wildman–Crippen LogP) is 4.57. The summed E-state index contributed by atoms with van der Waals surface area (Å²) < 4.78 is 4.13. The molecule has 0 bridgehead atoms. The Morgan fingerprint density at radius 3 is 2.96 bits per heavy atom. The van der Waals surface area contributed by atoms with Crippen molar-refractivity contribution < 1.29 is 5.11 Å². The Morgan fingerprint density at radius 2 is 2.07 bits per heavy atom. The monoisotopic (exact) mass is 457 g/mol. The second-order valence-electron chi connectivity index (χ2n) is 7.29. The van der Waals surface area contributed by atoms with Gasteiger partial charge >= 0.3 is 0 Å². The number of aliphatic hydroxyl groups is 1. The van der Waals surface area contributed by atoms with Crippen LogP contribution in [0.5, 0.6) is 0 Å². The predicted molar refractivity (Wildman–Crippen MR) is 116 cm³/mol. The van der Waals surface area contributed by atoms with Crippen LogP contribution >= 0.6 is 27.3 Å². The van der Waals surface area contributed by atoms with E-state index in [0.29, 0.717) is 6.54 Å². The summed E-state index contributed by atoms with van der Waals surface area (Å²) >= 11 is 5.08. The maximum atomic E-state index is 10.2. The fourth-order valence-corrected chi connectivity index (χ4v) is 5.11. The summed E-state index contributed by atoms with van der Waals surface area (Å²) in [5.41, 5.74) is 3.93. The van der Waals surface area contributed by atoms with Crippen molar-refractivity contribution in [2.45, 2.75) is 44.4 Å². The van der Waals surface area contributed by atoms with Gasteiger partial charge in [0.2, 0.25) is 0 Å². The third-order valence-corrected chi connectivity index (χ3v) is 6.65. The average molecular weight is 458 g/mol. The molecule has 144 valence electrons. The Balaban J connectivity index is 1.38. The number of aromatic nitrogens is 4. The molecule has 1 aromatic carbocycles.